The van der Waals surface area contributed by atoms with E-state index in [1.54, 1.807) is 0 Å². The lowest BCUT2D eigenvalue weighted by atomic mass is 10.0. The monoisotopic (exact) mass is 739 g/mol. The van der Waals surface area contributed by atoms with Gasteiger partial charge in [-0.05, 0) is 38.5 Å². The molecule has 0 aromatic rings. The van der Waals surface area contributed by atoms with Gasteiger partial charge < -0.3 is 19.7 Å². The van der Waals surface area contributed by atoms with E-state index in [0.717, 1.165) is 167 Å². The fraction of sp³-hybridized carbons (Fsp3) is 0.857. The van der Waals surface area contributed by atoms with E-state index in [4.69, 9.17) is 19.7 Å². The molecule has 0 aliphatic carbocycles. The SMILES string of the molecule is O=C(O)CCCCCCCCCCCCC(=O)OC(=O)CCCCCCCCCCCCC(=O)OC(=O)CCCCCCCCCCCCC(=O)O. The Morgan fingerprint density at radius 1 is 0.231 bits per heavy atom. The van der Waals surface area contributed by atoms with Gasteiger partial charge in [0.2, 0.25) is 0 Å². The van der Waals surface area contributed by atoms with Crippen LogP contribution in [-0.4, -0.2) is 46.0 Å². The van der Waals surface area contributed by atoms with Crippen LogP contribution in [0.1, 0.15) is 231 Å². The van der Waals surface area contributed by atoms with Crippen molar-refractivity contribution in [1.29, 1.82) is 0 Å². The molecule has 0 saturated heterocycles. The van der Waals surface area contributed by atoms with Crippen LogP contribution >= 0.6 is 0 Å². The van der Waals surface area contributed by atoms with Gasteiger partial charge in [0, 0.05) is 38.5 Å². The second-order valence-corrected chi connectivity index (χ2v) is 14.6. The van der Waals surface area contributed by atoms with Crippen molar-refractivity contribution in [2.75, 3.05) is 0 Å². The van der Waals surface area contributed by atoms with Crippen molar-refractivity contribution in [3.05, 3.63) is 0 Å². The van der Waals surface area contributed by atoms with E-state index >= 15 is 0 Å². The minimum atomic E-state index is -0.717. The zero-order valence-electron chi connectivity index (χ0n) is 32.6. The van der Waals surface area contributed by atoms with E-state index in [0.29, 0.717) is 12.8 Å². The molecule has 0 radical (unpaired) electrons. The van der Waals surface area contributed by atoms with Crippen LogP contribution in [0.2, 0.25) is 0 Å². The van der Waals surface area contributed by atoms with Crippen molar-refractivity contribution < 1.29 is 48.5 Å². The summed E-state index contributed by atoms with van der Waals surface area (Å²) in [6.07, 6.45) is 32.2. The molecular formula is C42H74O10. The van der Waals surface area contributed by atoms with Gasteiger partial charge in [-0.2, -0.15) is 0 Å². The van der Waals surface area contributed by atoms with Crippen LogP contribution in [0.4, 0.5) is 0 Å². The largest absolute Gasteiger partial charge is 0.481 e. The van der Waals surface area contributed by atoms with Crippen molar-refractivity contribution in [1.82, 2.24) is 0 Å². The Balaban J connectivity index is 3.41. The van der Waals surface area contributed by atoms with Gasteiger partial charge in [-0.1, -0.05) is 154 Å². The van der Waals surface area contributed by atoms with E-state index < -0.39 is 35.8 Å². The van der Waals surface area contributed by atoms with Crippen molar-refractivity contribution in [2.24, 2.45) is 0 Å². The van der Waals surface area contributed by atoms with E-state index in [-0.39, 0.29) is 25.7 Å². The lowest BCUT2D eigenvalue weighted by molar-refractivity contribution is -0.161. The zero-order chi connectivity index (χ0) is 38.3. The zero-order valence-corrected chi connectivity index (χ0v) is 32.6. The third-order valence-electron chi connectivity index (χ3n) is 9.51. The highest BCUT2D eigenvalue weighted by Gasteiger charge is 2.11. The molecule has 10 nitrogen and oxygen atoms in total. The van der Waals surface area contributed by atoms with Gasteiger partial charge in [0.15, 0.2) is 0 Å². The molecule has 0 rings (SSSR count). The molecule has 0 unspecified atom stereocenters. The molecule has 0 aromatic carbocycles. The third-order valence-corrected chi connectivity index (χ3v) is 9.51. The summed E-state index contributed by atoms with van der Waals surface area (Å²) in [5.41, 5.74) is 0. The Morgan fingerprint density at radius 3 is 0.519 bits per heavy atom. The molecule has 0 heterocycles. The molecule has 0 saturated carbocycles. The van der Waals surface area contributed by atoms with Crippen molar-refractivity contribution >= 4 is 35.8 Å². The first-order valence-corrected chi connectivity index (χ1v) is 21.1. The fourth-order valence-electron chi connectivity index (χ4n) is 6.33. The quantitative estimate of drug-likeness (QED) is 0.0352. The number of hydrogen-bond acceptors (Lipinski definition) is 8. The summed E-state index contributed by atoms with van der Waals surface area (Å²) in [5, 5.41) is 17.3. The molecule has 52 heavy (non-hydrogen) atoms. The predicted octanol–water partition coefficient (Wildman–Crippen LogP) is 11.3. The topological polar surface area (TPSA) is 161 Å². The van der Waals surface area contributed by atoms with Crippen LogP contribution in [0.15, 0.2) is 0 Å². The van der Waals surface area contributed by atoms with Gasteiger partial charge in [-0.15, -0.1) is 0 Å². The molecule has 0 aromatic heterocycles. The van der Waals surface area contributed by atoms with Crippen molar-refractivity contribution in [3.63, 3.8) is 0 Å². The number of rotatable bonds is 39. The standard InChI is InChI=1S/C42H74O10/c43-37(44)31-25-19-13-7-1-3-9-15-21-27-33-39(47)51-41(49)35-29-23-17-11-5-6-12-18-24-30-36-42(50)52-40(48)34-28-22-16-10-4-2-8-14-20-26-32-38(45)46/h1-36H2,(H,43,44)(H,45,46). The van der Waals surface area contributed by atoms with Crippen LogP contribution < -0.4 is 0 Å². The van der Waals surface area contributed by atoms with Crippen LogP contribution in [0, 0.1) is 0 Å². The summed E-state index contributed by atoms with van der Waals surface area (Å²) in [5.74, 6) is -3.10. The molecule has 0 aliphatic heterocycles. The predicted molar refractivity (Wildman–Crippen MR) is 204 cm³/mol. The van der Waals surface area contributed by atoms with Crippen LogP contribution in [-0.2, 0) is 38.2 Å². The minimum Gasteiger partial charge on any atom is -0.481 e. The summed E-state index contributed by atoms with van der Waals surface area (Å²) >= 11 is 0. The first-order valence-electron chi connectivity index (χ1n) is 21.1. The van der Waals surface area contributed by atoms with E-state index in [1.807, 2.05) is 0 Å². The Labute approximate surface area is 314 Å². The average molecular weight is 739 g/mol. The molecule has 0 fully saturated rings. The molecule has 0 atom stereocenters. The number of carboxylic acids is 2. The molecule has 0 aliphatic rings. The van der Waals surface area contributed by atoms with Gasteiger partial charge in [0.25, 0.3) is 0 Å². The maximum Gasteiger partial charge on any atom is 0.313 e. The average Bonchev–Trinajstić information content (AvgIpc) is 3.09. The fourth-order valence-corrected chi connectivity index (χ4v) is 6.33. The second kappa shape index (κ2) is 38.0. The normalized spacial score (nSPS) is 11.0. The van der Waals surface area contributed by atoms with E-state index in [2.05, 4.69) is 0 Å². The minimum absolute atomic E-state index is 0.265. The van der Waals surface area contributed by atoms with Crippen molar-refractivity contribution in [2.45, 2.75) is 231 Å². The first-order chi connectivity index (χ1) is 25.2. The molecule has 0 bridgehead atoms. The number of unbranched alkanes of at least 4 members (excludes halogenated alkanes) is 27. The number of aliphatic carboxylic acids is 2. The highest BCUT2D eigenvalue weighted by atomic mass is 16.6. The number of esters is 4. The van der Waals surface area contributed by atoms with Gasteiger partial charge >= 0.3 is 35.8 Å². The summed E-state index contributed by atoms with van der Waals surface area (Å²) < 4.78 is 9.92. The highest BCUT2D eigenvalue weighted by molar-refractivity contribution is 5.85. The Bertz CT molecular complexity index is 858. The van der Waals surface area contributed by atoms with Gasteiger partial charge in [0.05, 0.1) is 0 Å². The van der Waals surface area contributed by atoms with Crippen LogP contribution in [0.3, 0.4) is 0 Å². The molecule has 302 valence electrons. The van der Waals surface area contributed by atoms with E-state index in [9.17, 15) is 28.8 Å². The van der Waals surface area contributed by atoms with Crippen molar-refractivity contribution in [3.8, 4) is 0 Å². The number of carboxylic acid groups (broad SMARTS) is 2. The third kappa shape index (κ3) is 40.0. The lowest BCUT2D eigenvalue weighted by Crippen LogP contribution is -2.11. The second-order valence-electron chi connectivity index (χ2n) is 14.6. The molecule has 10 heteroatoms. The van der Waals surface area contributed by atoms with Gasteiger partial charge in [-0.3, -0.25) is 28.8 Å². The maximum absolute atomic E-state index is 11.9. The summed E-state index contributed by atoms with van der Waals surface area (Å²) in [4.78, 5) is 68.7. The smallest absolute Gasteiger partial charge is 0.313 e. The summed E-state index contributed by atoms with van der Waals surface area (Å²) in [6, 6.07) is 0. The Hall–Kier alpha value is -2.78. The number of carbonyl (C=O) groups excluding carboxylic acids is 4. The summed E-state index contributed by atoms with van der Waals surface area (Å²) in [6.45, 7) is 0. The first kappa shape index (κ1) is 49.2. The van der Waals surface area contributed by atoms with Gasteiger partial charge in [0.1, 0.15) is 0 Å². The summed E-state index contributed by atoms with van der Waals surface area (Å²) in [7, 11) is 0. The van der Waals surface area contributed by atoms with E-state index in [1.165, 1.54) is 25.7 Å². The molecular weight excluding hydrogens is 664 g/mol. The molecule has 0 spiro atoms. The molecule has 0 amide bonds. The number of hydrogen-bond donors (Lipinski definition) is 2. The Morgan fingerprint density at radius 2 is 0.365 bits per heavy atom. The van der Waals surface area contributed by atoms with Gasteiger partial charge in [-0.25, -0.2) is 0 Å². The number of ether oxygens (including phenoxy) is 2. The molecule has 2 N–H and O–H groups in total. The number of carbonyl (C=O) groups is 6. The maximum atomic E-state index is 11.9. The Kier molecular flexibility index (Phi) is 35.9. The van der Waals surface area contributed by atoms with Crippen LogP contribution in [0.5, 0.6) is 0 Å². The lowest BCUT2D eigenvalue weighted by Gasteiger charge is -2.05. The highest BCUT2D eigenvalue weighted by Crippen LogP contribution is 2.16. The van der Waals surface area contributed by atoms with Crippen LogP contribution in [0.25, 0.3) is 0 Å².